The minimum Gasteiger partial charge on any atom is -0.477 e. The highest BCUT2D eigenvalue weighted by Gasteiger charge is 2.31. The van der Waals surface area contributed by atoms with Crippen LogP contribution in [0.1, 0.15) is 21.1 Å². The number of ether oxygens (including phenoxy) is 1. The number of hydrogen-bond donors (Lipinski definition) is 2. The van der Waals surface area contributed by atoms with Gasteiger partial charge < -0.3 is 15.2 Å². The van der Waals surface area contributed by atoms with Crippen LogP contribution in [0.5, 0.6) is 5.75 Å². The van der Waals surface area contributed by atoms with Gasteiger partial charge in [0.05, 0.1) is 6.54 Å². The lowest BCUT2D eigenvalue weighted by atomic mass is 10.1. The van der Waals surface area contributed by atoms with Crippen molar-refractivity contribution in [1.82, 2.24) is 10.3 Å². The predicted molar refractivity (Wildman–Crippen MR) is 75.4 cm³/mol. The maximum absolute atomic E-state index is 13.5. The van der Waals surface area contributed by atoms with Crippen LogP contribution in [-0.2, 0) is 17.8 Å². The standard InChI is InChI=1S/C14H11FN2O4S/c15-8-3-1-2-7-4-10(21-12(7)8)13(18)16-5-11-17-9(6-22-11)14(19)20/h1-3,6,10H,4-5H2,(H,16,18)(H,19,20). The number of nitrogens with one attached hydrogen (secondary N) is 1. The predicted octanol–water partition coefficient (Wildman–Crippen LogP) is 1.60. The van der Waals surface area contributed by atoms with Crippen LogP contribution >= 0.6 is 11.3 Å². The van der Waals surface area contributed by atoms with Gasteiger partial charge in [0.2, 0.25) is 0 Å². The molecule has 0 radical (unpaired) electrons. The Balaban J connectivity index is 1.59. The number of carboxylic acids is 1. The number of hydrogen-bond acceptors (Lipinski definition) is 5. The van der Waals surface area contributed by atoms with E-state index in [0.717, 1.165) is 11.3 Å². The Hall–Kier alpha value is -2.48. The summed E-state index contributed by atoms with van der Waals surface area (Å²) in [4.78, 5) is 26.6. The fourth-order valence-corrected chi connectivity index (χ4v) is 2.85. The van der Waals surface area contributed by atoms with Crippen molar-refractivity contribution in [1.29, 1.82) is 0 Å². The van der Waals surface area contributed by atoms with Crippen LogP contribution in [0.15, 0.2) is 23.6 Å². The van der Waals surface area contributed by atoms with Crippen molar-refractivity contribution in [3.63, 3.8) is 0 Å². The van der Waals surface area contributed by atoms with E-state index in [1.807, 2.05) is 0 Å². The van der Waals surface area contributed by atoms with Crippen molar-refractivity contribution in [2.45, 2.75) is 19.1 Å². The van der Waals surface area contributed by atoms with Gasteiger partial charge in [-0.25, -0.2) is 14.2 Å². The molecule has 1 amide bonds. The van der Waals surface area contributed by atoms with E-state index in [1.54, 1.807) is 12.1 Å². The molecule has 1 unspecified atom stereocenters. The molecule has 2 heterocycles. The molecule has 0 saturated heterocycles. The second-order valence-electron chi connectivity index (χ2n) is 4.69. The third-order valence-corrected chi connectivity index (χ3v) is 4.04. The molecule has 0 fully saturated rings. The van der Waals surface area contributed by atoms with Gasteiger partial charge >= 0.3 is 5.97 Å². The van der Waals surface area contributed by atoms with E-state index in [4.69, 9.17) is 9.84 Å². The zero-order valence-electron chi connectivity index (χ0n) is 11.2. The molecule has 0 saturated carbocycles. The van der Waals surface area contributed by atoms with E-state index in [1.165, 1.54) is 11.4 Å². The zero-order valence-corrected chi connectivity index (χ0v) is 12.0. The number of nitrogens with zero attached hydrogens (tertiary/aromatic N) is 1. The third kappa shape index (κ3) is 2.77. The highest BCUT2D eigenvalue weighted by atomic mass is 32.1. The first-order valence-corrected chi connectivity index (χ1v) is 7.32. The Bertz CT molecular complexity index is 746. The first kappa shape index (κ1) is 14.5. The smallest absolute Gasteiger partial charge is 0.355 e. The zero-order chi connectivity index (χ0) is 15.7. The molecule has 1 atom stereocenters. The summed E-state index contributed by atoms with van der Waals surface area (Å²) in [5.74, 6) is -1.87. The summed E-state index contributed by atoms with van der Waals surface area (Å²) in [7, 11) is 0. The van der Waals surface area contributed by atoms with Crippen LogP contribution in [0.25, 0.3) is 0 Å². The number of benzene rings is 1. The minimum atomic E-state index is -1.11. The van der Waals surface area contributed by atoms with Crippen molar-refractivity contribution >= 4 is 23.2 Å². The summed E-state index contributed by atoms with van der Waals surface area (Å²) in [6.07, 6.45) is -0.484. The van der Waals surface area contributed by atoms with Crippen LogP contribution in [0.3, 0.4) is 0 Å². The van der Waals surface area contributed by atoms with Crippen LogP contribution in [0.4, 0.5) is 4.39 Å². The van der Waals surface area contributed by atoms with Gasteiger partial charge in [-0.3, -0.25) is 4.79 Å². The number of carboxylic acid groups (broad SMARTS) is 1. The molecule has 3 rings (SSSR count). The van der Waals surface area contributed by atoms with Gasteiger partial charge in [-0.05, 0) is 6.07 Å². The highest BCUT2D eigenvalue weighted by Crippen LogP contribution is 2.31. The Morgan fingerprint density at radius 3 is 3.00 bits per heavy atom. The number of halogens is 1. The molecule has 0 spiro atoms. The fraction of sp³-hybridized carbons (Fsp3) is 0.214. The topological polar surface area (TPSA) is 88.5 Å². The third-order valence-electron chi connectivity index (χ3n) is 3.19. The van der Waals surface area contributed by atoms with E-state index in [-0.39, 0.29) is 23.9 Å². The van der Waals surface area contributed by atoms with Gasteiger partial charge in [-0.2, -0.15) is 0 Å². The van der Waals surface area contributed by atoms with Crippen LogP contribution in [0.2, 0.25) is 0 Å². The minimum absolute atomic E-state index is 0.0548. The fourth-order valence-electron chi connectivity index (χ4n) is 2.14. The second kappa shape index (κ2) is 5.72. The lowest BCUT2D eigenvalue weighted by Crippen LogP contribution is -2.37. The molecule has 6 nitrogen and oxygen atoms in total. The van der Waals surface area contributed by atoms with Crippen LogP contribution < -0.4 is 10.1 Å². The normalized spacial score (nSPS) is 16.0. The molecule has 0 aliphatic carbocycles. The average molecular weight is 322 g/mol. The van der Waals surface area contributed by atoms with Crippen molar-refractivity contribution < 1.29 is 23.8 Å². The van der Waals surface area contributed by atoms with E-state index >= 15 is 0 Å². The number of carbonyl (C=O) groups is 2. The van der Waals surface area contributed by atoms with Gasteiger partial charge in [0, 0.05) is 17.4 Å². The van der Waals surface area contributed by atoms with Crippen LogP contribution in [-0.4, -0.2) is 28.1 Å². The summed E-state index contributed by atoms with van der Waals surface area (Å²) in [5.41, 5.74) is 0.600. The van der Waals surface area contributed by atoms with Crippen molar-refractivity contribution in [2.75, 3.05) is 0 Å². The second-order valence-corrected chi connectivity index (χ2v) is 5.63. The summed E-state index contributed by atoms with van der Waals surface area (Å²) in [5, 5.41) is 13.3. The Kier molecular flexibility index (Phi) is 3.76. The molecule has 2 N–H and O–H groups in total. The number of rotatable bonds is 4. The summed E-state index contributed by atoms with van der Waals surface area (Å²) < 4.78 is 18.9. The molecule has 114 valence electrons. The molecule has 2 aromatic rings. The molecule has 0 bridgehead atoms. The van der Waals surface area contributed by atoms with Gasteiger partial charge in [-0.15, -0.1) is 11.3 Å². The van der Waals surface area contributed by atoms with E-state index in [0.29, 0.717) is 17.0 Å². The quantitative estimate of drug-likeness (QED) is 0.892. The number of aromatic nitrogens is 1. The molecule has 22 heavy (non-hydrogen) atoms. The maximum Gasteiger partial charge on any atom is 0.355 e. The first-order valence-electron chi connectivity index (χ1n) is 6.44. The highest BCUT2D eigenvalue weighted by molar-refractivity contribution is 7.09. The number of carbonyl (C=O) groups excluding carboxylic acids is 1. The Morgan fingerprint density at radius 2 is 2.32 bits per heavy atom. The van der Waals surface area contributed by atoms with Crippen molar-refractivity contribution in [2.24, 2.45) is 0 Å². The lowest BCUT2D eigenvalue weighted by molar-refractivity contribution is -0.127. The van der Waals surface area contributed by atoms with Gasteiger partial charge in [-0.1, -0.05) is 12.1 Å². The average Bonchev–Trinajstić information content (AvgIpc) is 3.12. The molecule has 1 aromatic carbocycles. The molecular formula is C14H11FN2O4S. The number of amides is 1. The summed E-state index contributed by atoms with van der Waals surface area (Å²) in [6.45, 7) is 0.107. The monoisotopic (exact) mass is 322 g/mol. The Morgan fingerprint density at radius 1 is 1.50 bits per heavy atom. The number of fused-ring (bicyclic) bond motifs is 1. The number of para-hydroxylation sites is 1. The molecule has 1 aromatic heterocycles. The lowest BCUT2D eigenvalue weighted by Gasteiger charge is -2.10. The summed E-state index contributed by atoms with van der Waals surface area (Å²) in [6, 6.07) is 4.56. The SMILES string of the molecule is O=C(O)c1csc(CNC(=O)C2Cc3cccc(F)c3O2)n1. The van der Waals surface area contributed by atoms with Crippen molar-refractivity contribution in [3.05, 3.63) is 45.7 Å². The van der Waals surface area contributed by atoms with E-state index in [9.17, 15) is 14.0 Å². The number of aromatic carboxylic acids is 1. The van der Waals surface area contributed by atoms with E-state index in [2.05, 4.69) is 10.3 Å². The van der Waals surface area contributed by atoms with Gasteiger partial charge in [0.15, 0.2) is 23.4 Å². The molecule has 1 aliphatic heterocycles. The largest absolute Gasteiger partial charge is 0.477 e. The first-order chi connectivity index (χ1) is 10.5. The van der Waals surface area contributed by atoms with Crippen LogP contribution in [0, 0.1) is 5.82 Å². The maximum atomic E-state index is 13.5. The van der Waals surface area contributed by atoms with Gasteiger partial charge in [0.25, 0.3) is 5.91 Å². The molecular weight excluding hydrogens is 311 g/mol. The Labute approximate surface area is 128 Å². The molecule has 1 aliphatic rings. The van der Waals surface area contributed by atoms with E-state index < -0.39 is 17.9 Å². The van der Waals surface area contributed by atoms with Gasteiger partial charge in [0.1, 0.15) is 5.01 Å². The molecule has 8 heteroatoms. The summed E-state index contributed by atoms with van der Waals surface area (Å²) >= 11 is 1.14. The number of thiazole rings is 1. The van der Waals surface area contributed by atoms with Crippen molar-refractivity contribution in [3.8, 4) is 5.75 Å².